The van der Waals surface area contributed by atoms with Crippen LogP contribution in [0.1, 0.15) is 16.1 Å². The average Bonchev–Trinajstić information content (AvgIpc) is 2.38. The van der Waals surface area contributed by atoms with E-state index in [0.29, 0.717) is 5.56 Å². The third kappa shape index (κ3) is 2.15. The van der Waals surface area contributed by atoms with E-state index in [0.717, 1.165) is 11.3 Å². The zero-order chi connectivity index (χ0) is 12.3. The minimum Gasteiger partial charge on any atom is -0.464 e. The second-order valence-corrected chi connectivity index (χ2v) is 3.56. The number of nitrogens with zero attached hydrogens (tertiary/aromatic N) is 2. The summed E-state index contributed by atoms with van der Waals surface area (Å²) < 4.78 is 4.71. The summed E-state index contributed by atoms with van der Waals surface area (Å²) in [5.74, 6) is -0.453. The molecule has 0 amide bonds. The molecule has 0 saturated carbocycles. The fraction of sp³-hybridized carbons (Fsp3) is 0.154. The Morgan fingerprint density at radius 3 is 2.59 bits per heavy atom. The average molecular weight is 228 g/mol. The molecule has 2 aromatic rings. The highest BCUT2D eigenvalue weighted by atomic mass is 16.5. The summed E-state index contributed by atoms with van der Waals surface area (Å²) in [6.45, 7) is 1.94. The monoisotopic (exact) mass is 228 g/mol. The summed E-state index contributed by atoms with van der Waals surface area (Å²) in [7, 11) is 1.34. The zero-order valence-electron chi connectivity index (χ0n) is 9.68. The number of hydrogen-bond donors (Lipinski definition) is 0. The van der Waals surface area contributed by atoms with Crippen LogP contribution >= 0.6 is 0 Å². The SMILES string of the molecule is COC(=O)c1ncccc1-c1ncccc1C. The van der Waals surface area contributed by atoms with Crippen molar-refractivity contribution in [3.8, 4) is 11.3 Å². The lowest BCUT2D eigenvalue weighted by Crippen LogP contribution is -2.07. The van der Waals surface area contributed by atoms with Gasteiger partial charge in [0.25, 0.3) is 0 Å². The van der Waals surface area contributed by atoms with E-state index in [2.05, 4.69) is 9.97 Å². The molecule has 0 aliphatic heterocycles. The molecule has 4 nitrogen and oxygen atoms in total. The summed E-state index contributed by atoms with van der Waals surface area (Å²) in [6, 6.07) is 7.38. The molecule has 0 N–H and O–H groups in total. The second kappa shape index (κ2) is 4.74. The Labute approximate surface area is 99.3 Å². The number of pyridine rings is 2. The van der Waals surface area contributed by atoms with Crippen molar-refractivity contribution in [1.29, 1.82) is 0 Å². The molecule has 0 fully saturated rings. The van der Waals surface area contributed by atoms with E-state index in [1.54, 1.807) is 18.5 Å². The number of carbonyl (C=O) groups is 1. The Balaban J connectivity index is 2.60. The van der Waals surface area contributed by atoms with E-state index in [1.165, 1.54) is 7.11 Å². The van der Waals surface area contributed by atoms with Crippen molar-refractivity contribution in [2.24, 2.45) is 0 Å². The number of methoxy groups -OCH3 is 1. The molecule has 2 aromatic heterocycles. The molecule has 2 rings (SSSR count). The van der Waals surface area contributed by atoms with Crippen LogP contribution in [0, 0.1) is 6.92 Å². The number of aromatic nitrogens is 2. The Kier molecular flexibility index (Phi) is 3.14. The van der Waals surface area contributed by atoms with Crippen molar-refractivity contribution >= 4 is 5.97 Å². The molecule has 0 spiro atoms. The molecule has 0 unspecified atom stereocenters. The lowest BCUT2D eigenvalue weighted by molar-refractivity contribution is 0.0595. The highest BCUT2D eigenvalue weighted by Crippen LogP contribution is 2.23. The molecule has 17 heavy (non-hydrogen) atoms. The topological polar surface area (TPSA) is 52.1 Å². The van der Waals surface area contributed by atoms with Crippen LogP contribution in [-0.4, -0.2) is 23.0 Å². The van der Waals surface area contributed by atoms with Gasteiger partial charge >= 0.3 is 5.97 Å². The molecule has 0 aliphatic rings. The van der Waals surface area contributed by atoms with E-state index in [9.17, 15) is 4.79 Å². The number of aryl methyl sites for hydroxylation is 1. The largest absolute Gasteiger partial charge is 0.464 e. The highest BCUT2D eigenvalue weighted by Gasteiger charge is 2.16. The van der Waals surface area contributed by atoms with Crippen LogP contribution in [0.2, 0.25) is 0 Å². The number of hydrogen-bond acceptors (Lipinski definition) is 4. The normalized spacial score (nSPS) is 10.0. The van der Waals surface area contributed by atoms with Gasteiger partial charge in [0.05, 0.1) is 12.8 Å². The van der Waals surface area contributed by atoms with Crippen molar-refractivity contribution < 1.29 is 9.53 Å². The van der Waals surface area contributed by atoms with Gasteiger partial charge in [-0.25, -0.2) is 9.78 Å². The van der Waals surface area contributed by atoms with Crippen LogP contribution in [0.5, 0.6) is 0 Å². The lowest BCUT2D eigenvalue weighted by atomic mass is 10.1. The Morgan fingerprint density at radius 2 is 1.88 bits per heavy atom. The standard InChI is InChI=1S/C13H12N2O2/c1-9-5-3-7-14-11(9)10-6-4-8-15-12(10)13(16)17-2/h3-8H,1-2H3. The minimum atomic E-state index is -0.453. The van der Waals surface area contributed by atoms with Crippen molar-refractivity contribution in [1.82, 2.24) is 9.97 Å². The maximum atomic E-state index is 11.6. The first-order valence-electron chi connectivity index (χ1n) is 5.19. The third-order valence-corrected chi connectivity index (χ3v) is 2.45. The first-order valence-corrected chi connectivity index (χ1v) is 5.19. The van der Waals surface area contributed by atoms with Crippen LogP contribution in [0.15, 0.2) is 36.7 Å². The molecule has 0 bridgehead atoms. The molecular formula is C13H12N2O2. The highest BCUT2D eigenvalue weighted by molar-refractivity contribution is 5.94. The lowest BCUT2D eigenvalue weighted by Gasteiger charge is -2.08. The summed E-state index contributed by atoms with van der Waals surface area (Å²) in [5.41, 5.74) is 2.72. The van der Waals surface area contributed by atoms with Gasteiger partial charge in [-0.05, 0) is 30.7 Å². The predicted octanol–water partition coefficient (Wildman–Crippen LogP) is 2.24. The van der Waals surface area contributed by atoms with E-state index < -0.39 is 5.97 Å². The minimum absolute atomic E-state index is 0.289. The van der Waals surface area contributed by atoms with Crippen molar-refractivity contribution in [3.63, 3.8) is 0 Å². The van der Waals surface area contributed by atoms with Gasteiger partial charge < -0.3 is 4.74 Å². The number of ether oxygens (including phenoxy) is 1. The van der Waals surface area contributed by atoms with E-state index >= 15 is 0 Å². The van der Waals surface area contributed by atoms with Crippen LogP contribution < -0.4 is 0 Å². The quantitative estimate of drug-likeness (QED) is 0.740. The van der Waals surface area contributed by atoms with E-state index in [1.807, 2.05) is 25.1 Å². The zero-order valence-corrected chi connectivity index (χ0v) is 9.68. The van der Waals surface area contributed by atoms with Crippen LogP contribution in [-0.2, 0) is 4.74 Å². The van der Waals surface area contributed by atoms with Gasteiger partial charge in [-0.2, -0.15) is 0 Å². The summed E-state index contributed by atoms with van der Waals surface area (Å²) in [6.07, 6.45) is 3.25. The van der Waals surface area contributed by atoms with Crippen LogP contribution in [0.3, 0.4) is 0 Å². The molecule has 0 atom stereocenters. The van der Waals surface area contributed by atoms with Crippen molar-refractivity contribution in [3.05, 3.63) is 47.9 Å². The van der Waals surface area contributed by atoms with Gasteiger partial charge in [-0.1, -0.05) is 6.07 Å². The molecular weight excluding hydrogens is 216 g/mol. The Bertz CT molecular complexity index is 553. The van der Waals surface area contributed by atoms with Crippen molar-refractivity contribution in [2.45, 2.75) is 6.92 Å². The van der Waals surface area contributed by atoms with E-state index in [4.69, 9.17) is 4.74 Å². The molecule has 4 heteroatoms. The number of carbonyl (C=O) groups excluding carboxylic acids is 1. The summed E-state index contributed by atoms with van der Waals surface area (Å²) in [5, 5.41) is 0. The van der Waals surface area contributed by atoms with Gasteiger partial charge in [-0.3, -0.25) is 4.98 Å². The molecule has 86 valence electrons. The van der Waals surface area contributed by atoms with Gasteiger partial charge in [0, 0.05) is 18.0 Å². The van der Waals surface area contributed by atoms with Crippen LogP contribution in [0.25, 0.3) is 11.3 Å². The first kappa shape index (κ1) is 11.3. The maximum absolute atomic E-state index is 11.6. The van der Waals surface area contributed by atoms with Gasteiger partial charge in [-0.15, -0.1) is 0 Å². The van der Waals surface area contributed by atoms with Crippen LogP contribution in [0.4, 0.5) is 0 Å². The first-order chi connectivity index (χ1) is 8.24. The van der Waals surface area contributed by atoms with Crippen molar-refractivity contribution in [2.75, 3.05) is 7.11 Å². The Morgan fingerprint density at radius 1 is 1.18 bits per heavy atom. The smallest absolute Gasteiger partial charge is 0.357 e. The second-order valence-electron chi connectivity index (χ2n) is 3.56. The number of rotatable bonds is 2. The molecule has 0 aliphatic carbocycles. The fourth-order valence-corrected chi connectivity index (χ4v) is 1.62. The van der Waals surface area contributed by atoms with Gasteiger partial charge in [0.15, 0.2) is 5.69 Å². The van der Waals surface area contributed by atoms with Gasteiger partial charge in [0.2, 0.25) is 0 Å². The van der Waals surface area contributed by atoms with E-state index in [-0.39, 0.29) is 5.69 Å². The predicted molar refractivity (Wildman–Crippen MR) is 63.5 cm³/mol. The summed E-state index contributed by atoms with van der Waals surface area (Å²) in [4.78, 5) is 19.9. The molecule has 2 heterocycles. The Hall–Kier alpha value is -2.23. The van der Waals surface area contributed by atoms with Gasteiger partial charge in [0.1, 0.15) is 0 Å². The number of esters is 1. The third-order valence-electron chi connectivity index (χ3n) is 2.45. The maximum Gasteiger partial charge on any atom is 0.357 e. The summed E-state index contributed by atoms with van der Waals surface area (Å²) >= 11 is 0. The fourth-order valence-electron chi connectivity index (χ4n) is 1.62. The molecule has 0 saturated heterocycles. The molecule has 0 aromatic carbocycles. The molecule has 0 radical (unpaired) electrons.